The van der Waals surface area contributed by atoms with E-state index in [-0.39, 0.29) is 4.34 Å². The van der Waals surface area contributed by atoms with E-state index >= 15 is 0 Å². The first kappa shape index (κ1) is 9.63. The average Bonchev–Trinajstić information content (AvgIpc) is 2.35. The molecular formula is C6H10N2O2S2. The van der Waals surface area contributed by atoms with E-state index in [1.54, 1.807) is 6.20 Å². The van der Waals surface area contributed by atoms with Crippen LogP contribution in [0.3, 0.4) is 0 Å². The summed E-state index contributed by atoms with van der Waals surface area (Å²) in [6, 6.07) is 0. The van der Waals surface area contributed by atoms with E-state index in [0.29, 0.717) is 0 Å². The normalized spacial score (nSPS) is 11.8. The molecule has 0 spiro atoms. The number of aryl methyl sites for hydroxylation is 1. The molecule has 0 aliphatic heterocycles. The van der Waals surface area contributed by atoms with Crippen LogP contribution in [-0.4, -0.2) is 13.4 Å². The number of primary sulfonamides is 1. The van der Waals surface area contributed by atoms with Crippen molar-refractivity contribution in [2.24, 2.45) is 5.14 Å². The molecule has 0 aliphatic carbocycles. The van der Waals surface area contributed by atoms with Crippen molar-refractivity contribution in [2.45, 2.75) is 24.1 Å². The summed E-state index contributed by atoms with van der Waals surface area (Å²) in [6.45, 7) is 2.02. The zero-order valence-corrected chi connectivity index (χ0v) is 8.28. The van der Waals surface area contributed by atoms with Crippen molar-refractivity contribution in [3.8, 4) is 0 Å². The fourth-order valence-corrected chi connectivity index (χ4v) is 2.51. The minimum atomic E-state index is -3.59. The molecule has 1 rings (SSSR count). The fourth-order valence-electron chi connectivity index (χ4n) is 0.783. The predicted molar refractivity (Wildman–Crippen MR) is 47.5 cm³/mol. The third-order valence-electron chi connectivity index (χ3n) is 1.27. The Balaban J connectivity index is 2.92. The zero-order valence-electron chi connectivity index (χ0n) is 6.65. The van der Waals surface area contributed by atoms with E-state index in [1.807, 2.05) is 6.92 Å². The van der Waals surface area contributed by atoms with Crippen LogP contribution in [-0.2, 0) is 16.4 Å². The first-order valence-corrected chi connectivity index (χ1v) is 5.88. The second-order valence-corrected chi connectivity index (χ2v) is 5.24. The average molecular weight is 206 g/mol. The lowest BCUT2D eigenvalue weighted by atomic mass is 10.3. The summed E-state index contributed by atoms with van der Waals surface area (Å²) in [5.41, 5.74) is 0. The highest BCUT2D eigenvalue weighted by Crippen LogP contribution is 2.17. The highest BCUT2D eigenvalue weighted by atomic mass is 32.2. The third-order valence-corrected chi connectivity index (χ3v) is 3.66. The number of rotatable bonds is 3. The largest absolute Gasteiger partial charge is 0.265 e. The molecular weight excluding hydrogens is 196 g/mol. The molecule has 0 fully saturated rings. The molecule has 0 saturated carbocycles. The predicted octanol–water partition coefficient (Wildman–Crippen LogP) is 0.743. The van der Waals surface area contributed by atoms with Crippen LogP contribution >= 0.6 is 11.3 Å². The number of sulfonamides is 1. The lowest BCUT2D eigenvalue weighted by molar-refractivity contribution is 0.597. The smallest absolute Gasteiger partial charge is 0.232 e. The molecule has 0 amide bonds. The molecule has 0 radical (unpaired) electrons. The van der Waals surface area contributed by atoms with Gasteiger partial charge in [0.2, 0.25) is 4.34 Å². The number of hydrogen-bond acceptors (Lipinski definition) is 4. The highest BCUT2D eigenvalue weighted by Gasteiger charge is 2.12. The summed E-state index contributed by atoms with van der Waals surface area (Å²) in [7, 11) is -3.59. The van der Waals surface area contributed by atoms with Crippen molar-refractivity contribution in [3.05, 3.63) is 11.1 Å². The van der Waals surface area contributed by atoms with Gasteiger partial charge in [-0.05, 0) is 6.42 Å². The molecule has 1 heterocycles. The zero-order chi connectivity index (χ0) is 9.19. The Morgan fingerprint density at radius 2 is 2.33 bits per heavy atom. The summed E-state index contributed by atoms with van der Waals surface area (Å²) in [5.74, 6) is 0. The first-order chi connectivity index (χ1) is 5.54. The van der Waals surface area contributed by atoms with Crippen molar-refractivity contribution < 1.29 is 8.42 Å². The summed E-state index contributed by atoms with van der Waals surface area (Å²) in [5, 5.41) is 4.89. The second kappa shape index (κ2) is 3.51. The fraction of sp³-hybridized carbons (Fsp3) is 0.500. The molecule has 2 N–H and O–H groups in total. The molecule has 0 aliphatic rings. The van der Waals surface area contributed by atoms with Gasteiger partial charge in [-0.2, -0.15) is 0 Å². The number of aromatic nitrogens is 1. The van der Waals surface area contributed by atoms with Crippen LogP contribution in [0.15, 0.2) is 10.5 Å². The van der Waals surface area contributed by atoms with Gasteiger partial charge in [-0.1, -0.05) is 13.3 Å². The van der Waals surface area contributed by atoms with Crippen molar-refractivity contribution >= 4 is 21.4 Å². The van der Waals surface area contributed by atoms with Gasteiger partial charge in [-0.15, -0.1) is 11.3 Å². The van der Waals surface area contributed by atoms with Crippen LogP contribution in [0.4, 0.5) is 0 Å². The number of nitrogens with zero attached hydrogens (tertiary/aromatic N) is 1. The van der Waals surface area contributed by atoms with Crippen LogP contribution in [0.25, 0.3) is 0 Å². The Bertz CT molecular complexity index is 355. The Kier molecular flexibility index (Phi) is 2.81. The monoisotopic (exact) mass is 206 g/mol. The topological polar surface area (TPSA) is 73.0 Å². The number of hydrogen-bond donors (Lipinski definition) is 1. The molecule has 0 unspecified atom stereocenters. The molecule has 6 heteroatoms. The van der Waals surface area contributed by atoms with Crippen molar-refractivity contribution in [3.63, 3.8) is 0 Å². The van der Waals surface area contributed by atoms with Crippen molar-refractivity contribution in [2.75, 3.05) is 0 Å². The standard InChI is InChI=1S/C6H10N2O2S2/c1-2-3-5-4-8-6(11-5)12(7,9)10/h4H,2-3H2,1H3,(H2,7,9,10). The summed E-state index contributed by atoms with van der Waals surface area (Å²) in [6.07, 6.45) is 3.40. The molecule has 12 heavy (non-hydrogen) atoms. The van der Waals surface area contributed by atoms with E-state index in [0.717, 1.165) is 29.1 Å². The lowest BCUT2D eigenvalue weighted by Gasteiger charge is -1.88. The van der Waals surface area contributed by atoms with Crippen LogP contribution in [0.5, 0.6) is 0 Å². The second-order valence-electron chi connectivity index (χ2n) is 2.39. The van der Waals surface area contributed by atoms with Gasteiger partial charge < -0.3 is 0 Å². The van der Waals surface area contributed by atoms with Crippen LogP contribution in [0, 0.1) is 0 Å². The van der Waals surface area contributed by atoms with Gasteiger partial charge in [-0.25, -0.2) is 18.5 Å². The Morgan fingerprint density at radius 1 is 1.67 bits per heavy atom. The van der Waals surface area contributed by atoms with Crippen LogP contribution in [0.2, 0.25) is 0 Å². The summed E-state index contributed by atoms with van der Waals surface area (Å²) in [4.78, 5) is 4.67. The van der Waals surface area contributed by atoms with Gasteiger partial charge in [0.15, 0.2) is 0 Å². The highest BCUT2D eigenvalue weighted by molar-refractivity contribution is 7.91. The SMILES string of the molecule is CCCc1cnc(S(N)(=O)=O)s1. The van der Waals surface area contributed by atoms with Gasteiger partial charge >= 0.3 is 0 Å². The van der Waals surface area contributed by atoms with Gasteiger partial charge in [0, 0.05) is 11.1 Å². The van der Waals surface area contributed by atoms with E-state index in [9.17, 15) is 8.42 Å². The summed E-state index contributed by atoms with van der Waals surface area (Å²) >= 11 is 1.14. The van der Waals surface area contributed by atoms with Crippen molar-refractivity contribution in [1.82, 2.24) is 4.98 Å². The molecule has 1 aromatic heterocycles. The van der Waals surface area contributed by atoms with Gasteiger partial charge in [0.25, 0.3) is 10.0 Å². The van der Waals surface area contributed by atoms with E-state index in [4.69, 9.17) is 5.14 Å². The maximum atomic E-state index is 10.8. The number of nitrogens with two attached hydrogens (primary N) is 1. The lowest BCUT2D eigenvalue weighted by Crippen LogP contribution is -2.11. The molecule has 0 bridgehead atoms. The van der Waals surface area contributed by atoms with Gasteiger partial charge in [0.1, 0.15) is 0 Å². The minimum Gasteiger partial charge on any atom is -0.232 e. The van der Waals surface area contributed by atoms with E-state index in [1.165, 1.54) is 0 Å². The van der Waals surface area contributed by atoms with Crippen LogP contribution in [0.1, 0.15) is 18.2 Å². The molecule has 0 atom stereocenters. The third kappa shape index (κ3) is 2.26. The maximum Gasteiger partial charge on any atom is 0.265 e. The minimum absolute atomic E-state index is 0.00551. The van der Waals surface area contributed by atoms with Gasteiger partial charge in [-0.3, -0.25) is 0 Å². The number of thiazole rings is 1. The molecule has 68 valence electrons. The molecule has 0 saturated heterocycles. The van der Waals surface area contributed by atoms with Gasteiger partial charge in [0.05, 0.1) is 0 Å². The Morgan fingerprint density at radius 3 is 2.75 bits per heavy atom. The van der Waals surface area contributed by atoms with Crippen LogP contribution < -0.4 is 5.14 Å². The van der Waals surface area contributed by atoms with Crippen molar-refractivity contribution in [1.29, 1.82) is 0 Å². The summed E-state index contributed by atoms with van der Waals surface area (Å²) < 4.78 is 21.6. The maximum absolute atomic E-state index is 10.8. The molecule has 4 nitrogen and oxygen atoms in total. The van der Waals surface area contributed by atoms with E-state index < -0.39 is 10.0 Å². The first-order valence-electron chi connectivity index (χ1n) is 3.51. The Hall–Kier alpha value is -0.460. The quantitative estimate of drug-likeness (QED) is 0.792. The Labute approximate surface area is 75.5 Å². The van der Waals surface area contributed by atoms with E-state index in [2.05, 4.69) is 4.98 Å². The molecule has 1 aromatic rings. The molecule has 0 aromatic carbocycles.